The zero-order valence-corrected chi connectivity index (χ0v) is 16.9. The minimum absolute atomic E-state index is 0.128. The highest BCUT2D eigenvalue weighted by Crippen LogP contribution is 2.20. The van der Waals surface area contributed by atoms with E-state index in [0.717, 1.165) is 5.56 Å². The quantitative estimate of drug-likeness (QED) is 0.789. The molecule has 2 aromatic rings. The Morgan fingerprint density at radius 2 is 1.63 bits per heavy atom. The van der Waals surface area contributed by atoms with Gasteiger partial charge in [0, 0.05) is 19.1 Å². The lowest BCUT2D eigenvalue weighted by Crippen LogP contribution is -2.43. The van der Waals surface area contributed by atoms with Crippen LogP contribution in [0.3, 0.4) is 0 Å². The van der Waals surface area contributed by atoms with E-state index in [4.69, 9.17) is 4.74 Å². The molecule has 0 bridgehead atoms. The number of nitrogens with one attached hydrogen (secondary N) is 1. The molecule has 0 fully saturated rings. The molecule has 6 nitrogen and oxygen atoms in total. The molecular formula is C20H26N2O4S. The van der Waals surface area contributed by atoms with Crippen molar-refractivity contribution in [2.24, 2.45) is 0 Å². The lowest BCUT2D eigenvalue weighted by molar-refractivity contribution is -0.124. The van der Waals surface area contributed by atoms with Crippen molar-refractivity contribution < 1.29 is 17.9 Å². The Hall–Kier alpha value is -2.38. The number of carbonyl (C=O) groups is 1. The fourth-order valence-corrected chi connectivity index (χ4v) is 3.58. The molecule has 1 N–H and O–H groups in total. The molecule has 0 aliphatic carbocycles. The minimum Gasteiger partial charge on any atom is -0.484 e. The van der Waals surface area contributed by atoms with Crippen LogP contribution in [0, 0.1) is 0 Å². The first-order valence-corrected chi connectivity index (χ1v) is 10.1. The third-order valence-corrected chi connectivity index (χ3v) is 5.48. The van der Waals surface area contributed by atoms with Gasteiger partial charge >= 0.3 is 0 Å². The van der Waals surface area contributed by atoms with Gasteiger partial charge < -0.3 is 10.1 Å². The third-order valence-electron chi connectivity index (χ3n) is 3.66. The molecule has 0 radical (unpaired) electrons. The number of hydrogen-bond donors (Lipinski definition) is 1. The number of sulfonamides is 1. The molecule has 146 valence electrons. The number of ether oxygens (including phenoxy) is 1. The molecule has 0 saturated carbocycles. The minimum atomic E-state index is -3.61. The molecule has 0 heterocycles. The van der Waals surface area contributed by atoms with Gasteiger partial charge in [-0.3, -0.25) is 4.79 Å². The third kappa shape index (κ3) is 6.37. The summed E-state index contributed by atoms with van der Waals surface area (Å²) in [5, 5.41) is 2.80. The van der Waals surface area contributed by atoms with E-state index >= 15 is 0 Å². The molecule has 2 rings (SSSR count). The summed E-state index contributed by atoms with van der Waals surface area (Å²) in [7, 11) is -2.07. The van der Waals surface area contributed by atoms with Crippen LogP contribution in [-0.2, 0) is 21.4 Å². The zero-order valence-electron chi connectivity index (χ0n) is 16.1. The maximum atomic E-state index is 12.7. The predicted octanol–water partition coefficient (Wildman–Crippen LogP) is 2.80. The standard InChI is InChI=1S/C20H26N2O4S/c1-20(2,3)21-19(23)15-26-17-10-12-18(13-11-17)27(24,25)22(4)14-16-8-6-5-7-9-16/h5-13H,14-15H2,1-4H3,(H,21,23). The number of carbonyl (C=O) groups excluding carboxylic acids is 1. The molecule has 27 heavy (non-hydrogen) atoms. The first kappa shape index (κ1) is 20.9. The van der Waals surface area contributed by atoms with Crippen LogP contribution in [0.5, 0.6) is 5.75 Å². The molecule has 0 aromatic heterocycles. The van der Waals surface area contributed by atoms with Crippen LogP contribution in [0.2, 0.25) is 0 Å². The Labute approximate surface area is 161 Å². The van der Waals surface area contributed by atoms with E-state index in [-0.39, 0.29) is 29.5 Å². The van der Waals surface area contributed by atoms with E-state index < -0.39 is 10.0 Å². The summed E-state index contributed by atoms with van der Waals surface area (Å²) in [5.74, 6) is 0.200. The zero-order chi connectivity index (χ0) is 20.1. The van der Waals surface area contributed by atoms with Crippen molar-refractivity contribution in [1.29, 1.82) is 0 Å². The number of hydrogen-bond acceptors (Lipinski definition) is 4. The molecule has 0 atom stereocenters. The highest BCUT2D eigenvalue weighted by atomic mass is 32.2. The van der Waals surface area contributed by atoms with Gasteiger partial charge in [0.15, 0.2) is 6.61 Å². The van der Waals surface area contributed by atoms with Gasteiger partial charge in [-0.2, -0.15) is 4.31 Å². The largest absolute Gasteiger partial charge is 0.484 e. The van der Waals surface area contributed by atoms with Crippen molar-refractivity contribution in [3.05, 3.63) is 60.2 Å². The van der Waals surface area contributed by atoms with E-state index in [2.05, 4.69) is 5.32 Å². The van der Waals surface area contributed by atoms with Gasteiger partial charge in [0.05, 0.1) is 4.90 Å². The van der Waals surface area contributed by atoms with Crippen molar-refractivity contribution in [2.75, 3.05) is 13.7 Å². The fraction of sp³-hybridized carbons (Fsp3) is 0.350. The van der Waals surface area contributed by atoms with Crippen LogP contribution in [-0.4, -0.2) is 37.8 Å². The van der Waals surface area contributed by atoms with Crippen LogP contribution >= 0.6 is 0 Å². The van der Waals surface area contributed by atoms with Gasteiger partial charge in [-0.1, -0.05) is 30.3 Å². The maximum Gasteiger partial charge on any atom is 0.258 e. The predicted molar refractivity (Wildman–Crippen MR) is 105 cm³/mol. The lowest BCUT2D eigenvalue weighted by Gasteiger charge is -2.20. The summed E-state index contributed by atoms with van der Waals surface area (Å²) in [6.07, 6.45) is 0. The Bertz CT molecular complexity index is 857. The van der Waals surface area contributed by atoms with Gasteiger partial charge in [-0.05, 0) is 50.6 Å². The Kier molecular flexibility index (Phi) is 6.62. The van der Waals surface area contributed by atoms with Gasteiger partial charge in [-0.25, -0.2) is 8.42 Å². The average Bonchev–Trinajstić information content (AvgIpc) is 2.59. The van der Waals surface area contributed by atoms with E-state index in [0.29, 0.717) is 5.75 Å². The van der Waals surface area contributed by atoms with Gasteiger partial charge in [0.25, 0.3) is 5.91 Å². The molecule has 0 unspecified atom stereocenters. The number of nitrogens with zero attached hydrogens (tertiary/aromatic N) is 1. The summed E-state index contributed by atoms with van der Waals surface area (Å²) in [6.45, 7) is 5.81. The van der Waals surface area contributed by atoms with Crippen LogP contribution in [0.15, 0.2) is 59.5 Å². The van der Waals surface area contributed by atoms with Crippen LogP contribution < -0.4 is 10.1 Å². The molecule has 0 aliphatic heterocycles. The molecule has 0 spiro atoms. The number of benzene rings is 2. The van der Waals surface area contributed by atoms with E-state index in [1.807, 2.05) is 51.1 Å². The van der Waals surface area contributed by atoms with Gasteiger partial charge in [0.2, 0.25) is 10.0 Å². The van der Waals surface area contributed by atoms with Crippen molar-refractivity contribution >= 4 is 15.9 Å². The van der Waals surface area contributed by atoms with Crippen LogP contribution in [0.25, 0.3) is 0 Å². The van der Waals surface area contributed by atoms with E-state index in [1.165, 1.54) is 16.4 Å². The SMILES string of the molecule is CN(Cc1ccccc1)S(=O)(=O)c1ccc(OCC(=O)NC(C)(C)C)cc1. The first-order chi connectivity index (χ1) is 12.6. The normalized spacial score (nSPS) is 12.0. The summed E-state index contributed by atoms with van der Waals surface area (Å²) in [5.41, 5.74) is 0.579. The molecule has 0 saturated heterocycles. The highest BCUT2D eigenvalue weighted by Gasteiger charge is 2.21. The van der Waals surface area contributed by atoms with E-state index in [1.54, 1.807) is 19.2 Å². The summed E-state index contributed by atoms with van der Waals surface area (Å²) >= 11 is 0. The average molecular weight is 391 g/mol. The summed E-state index contributed by atoms with van der Waals surface area (Å²) in [6, 6.07) is 15.5. The van der Waals surface area contributed by atoms with Crippen molar-refractivity contribution in [1.82, 2.24) is 9.62 Å². The lowest BCUT2D eigenvalue weighted by atomic mass is 10.1. The molecule has 1 amide bonds. The Morgan fingerprint density at radius 1 is 1.04 bits per heavy atom. The first-order valence-electron chi connectivity index (χ1n) is 8.62. The number of rotatable bonds is 7. The second-order valence-electron chi connectivity index (χ2n) is 7.30. The fourth-order valence-electron chi connectivity index (χ4n) is 2.42. The van der Waals surface area contributed by atoms with Crippen LogP contribution in [0.1, 0.15) is 26.3 Å². The monoisotopic (exact) mass is 390 g/mol. The molecule has 0 aliphatic rings. The maximum absolute atomic E-state index is 12.7. The smallest absolute Gasteiger partial charge is 0.258 e. The Morgan fingerprint density at radius 3 is 2.19 bits per heavy atom. The van der Waals surface area contributed by atoms with Gasteiger partial charge in [-0.15, -0.1) is 0 Å². The topological polar surface area (TPSA) is 75.7 Å². The van der Waals surface area contributed by atoms with Crippen molar-refractivity contribution in [3.63, 3.8) is 0 Å². The highest BCUT2D eigenvalue weighted by molar-refractivity contribution is 7.89. The number of amides is 1. The molecule has 2 aromatic carbocycles. The van der Waals surface area contributed by atoms with Crippen molar-refractivity contribution in [3.8, 4) is 5.75 Å². The van der Waals surface area contributed by atoms with Crippen LogP contribution in [0.4, 0.5) is 0 Å². The van der Waals surface area contributed by atoms with Gasteiger partial charge in [0.1, 0.15) is 5.75 Å². The summed E-state index contributed by atoms with van der Waals surface area (Å²) in [4.78, 5) is 12.0. The molecule has 7 heteroatoms. The second kappa shape index (κ2) is 8.54. The second-order valence-corrected chi connectivity index (χ2v) is 9.35. The summed E-state index contributed by atoms with van der Waals surface area (Å²) < 4.78 is 32.1. The van der Waals surface area contributed by atoms with Crippen molar-refractivity contribution in [2.45, 2.75) is 37.8 Å². The van der Waals surface area contributed by atoms with E-state index in [9.17, 15) is 13.2 Å². The Balaban J connectivity index is 1.99. The molecular weight excluding hydrogens is 364 g/mol.